The van der Waals surface area contributed by atoms with Gasteiger partial charge >= 0.3 is 0 Å². The highest BCUT2D eigenvalue weighted by atomic mass is 35.5. The van der Waals surface area contributed by atoms with E-state index in [1.54, 1.807) is 0 Å². The van der Waals surface area contributed by atoms with Crippen LogP contribution in [0, 0.1) is 19.7 Å². The fraction of sp³-hybridized carbons (Fsp3) is 0.273. The first-order valence-electron chi connectivity index (χ1n) is 5.04. The molecule has 90 valence electrons. The minimum absolute atomic E-state index is 0.00833. The number of furan rings is 1. The Morgan fingerprint density at radius 3 is 2.88 bits per heavy atom. The number of rotatable bonds is 3. The van der Waals surface area contributed by atoms with Crippen LogP contribution in [0.2, 0.25) is 5.28 Å². The number of hydrogen-bond acceptors (Lipinski definition) is 4. The van der Waals surface area contributed by atoms with Crippen molar-refractivity contribution in [1.82, 2.24) is 9.97 Å². The lowest BCUT2D eigenvalue weighted by Gasteiger charge is -2.05. The standard InChI is InChI=1S/C11H11ClFN3O/c1-6-3-8(7(2)17-6)4-14-10-9(13)5-15-11(12)16-10/h3,5H,4H2,1-2H3,(H,14,15,16). The third kappa shape index (κ3) is 2.74. The highest BCUT2D eigenvalue weighted by molar-refractivity contribution is 6.28. The average Bonchev–Trinajstić information content (AvgIpc) is 2.59. The van der Waals surface area contributed by atoms with Crippen molar-refractivity contribution in [3.63, 3.8) is 0 Å². The summed E-state index contributed by atoms with van der Waals surface area (Å²) in [4.78, 5) is 7.30. The van der Waals surface area contributed by atoms with Gasteiger partial charge in [-0.15, -0.1) is 0 Å². The van der Waals surface area contributed by atoms with Gasteiger partial charge < -0.3 is 9.73 Å². The van der Waals surface area contributed by atoms with Gasteiger partial charge in [-0.25, -0.2) is 9.37 Å². The van der Waals surface area contributed by atoms with Gasteiger partial charge in [-0.1, -0.05) is 0 Å². The molecule has 0 amide bonds. The molecule has 2 heterocycles. The molecule has 6 heteroatoms. The van der Waals surface area contributed by atoms with Gasteiger partial charge in [0.25, 0.3) is 0 Å². The summed E-state index contributed by atoms with van der Waals surface area (Å²) in [5.41, 5.74) is 0.955. The molecule has 0 fully saturated rings. The predicted octanol–water partition coefficient (Wildman–Crippen LogP) is 3.09. The molecule has 1 N–H and O–H groups in total. The fourth-order valence-electron chi connectivity index (χ4n) is 1.51. The summed E-state index contributed by atoms with van der Waals surface area (Å²) in [5, 5.41) is 2.86. The number of aryl methyl sites for hydroxylation is 2. The zero-order chi connectivity index (χ0) is 12.4. The minimum atomic E-state index is -0.535. The van der Waals surface area contributed by atoms with Crippen molar-refractivity contribution < 1.29 is 8.81 Å². The molecule has 2 aromatic heterocycles. The first-order valence-corrected chi connectivity index (χ1v) is 5.42. The van der Waals surface area contributed by atoms with Gasteiger partial charge in [-0.3, -0.25) is 0 Å². The molecule has 0 aliphatic rings. The largest absolute Gasteiger partial charge is 0.466 e. The maximum atomic E-state index is 13.3. The van der Waals surface area contributed by atoms with E-state index in [2.05, 4.69) is 15.3 Å². The Balaban J connectivity index is 2.12. The van der Waals surface area contributed by atoms with E-state index in [0.717, 1.165) is 23.3 Å². The summed E-state index contributed by atoms with van der Waals surface area (Å²) in [6.45, 7) is 4.14. The third-order valence-electron chi connectivity index (χ3n) is 2.30. The summed E-state index contributed by atoms with van der Waals surface area (Å²) in [6, 6.07) is 1.89. The van der Waals surface area contributed by atoms with Crippen LogP contribution in [-0.2, 0) is 6.54 Å². The van der Waals surface area contributed by atoms with E-state index < -0.39 is 5.82 Å². The van der Waals surface area contributed by atoms with Crippen molar-refractivity contribution in [1.29, 1.82) is 0 Å². The normalized spacial score (nSPS) is 10.6. The van der Waals surface area contributed by atoms with E-state index in [1.807, 2.05) is 19.9 Å². The van der Waals surface area contributed by atoms with E-state index >= 15 is 0 Å². The second-order valence-corrected chi connectivity index (χ2v) is 3.97. The average molecular weight is 256 g/mol. The summed E-state index contributed by atoms with van der Waals surface area (Å²) < 4.78 is 18.7. The van der Waals surface area contributed by atoms with Gasteiger partial charge in [0.05, 0.1) is 6.20 Å². The monoisotopic (exact) mass is 255 g/mol. The molecule has 0 saturated heterocycles. The Bertz CT molecular complexity index is 542. The Kier molecular flexibility index (Phi) is 3.28. The molecule has 0 unspecified atom stereocenters. The maximum absolute atomic E-state index is 13.3. The quantitative estimate of drug-likeness (QED) is 0.857. The molecule has 0 bridgehead atoms. The molecular weight excluding hydrogens is 245 g/mol. The molecule has 0 aliphatic heterocycles. The highest BCUT2D eigenvalue weighted by Gasteiger charge is 2.08. The molecule has 0 atom stereocenters. The Morgan fingerprint density at radius 2 is 2.24 bits per heavy atom. The lowest BCUT2D eigenvalue weighted by molar-refractivity contribution is 0.501. The second-order valence-electron chi connectivity index (χ2n) is 3.63. The summed E-state index contributed by atoms with van der Waals surface area (Å²) in [6.07, 6.45) is 1.03. The zero-order valence-corrected chi connectivity index (χ0v) is 10.2. The summed E-state index contributed by atoms with van der Waals surface area (Å²) in [5.74, 6) is 1.17. The molecule has 0 aliphatic carbocycles. The Morgan fingerprint density at radius 1 is 1.47 bits per heavy atom. The van der Waals surface area contributed by atoms with Crippen molar-refractivity contribution in [3.05, 3.63) is 40.4 Å². The lowest BCUT2D eigenvalue weighted by Crippen LogP contribution is -2.04. The molecule has 0 saturated carbocycles. The number of nitrogens with one attached hydrogen (secondary N) is 1. The summed E-state index contributed by atoms with van der Waals surface area (Å²) >= 11 is 5.59. The molecule has 0 aromatic carbocycles. The molecule has 2 rings (SSSR count). The maximum Gasteiger partial charge on any atom is 0.224 e. The van der Waals surface area contributed by atoms with E-state index in [-0.39, 0.29) is 11.1 Å². The SMILES string of the molecule is Cc1cc(CNc2nc(Cl)ncc2F)c(C)o1. The van der Waals surface area contributed by atoms with Crippen molar-refractivity contribution >= 4 is 17.4 Å². The summed E-state index contributed by atoms with van der Waals surface area (Å²) in [7, 11) is 0. The minimum Gasteiger partial charge on any atom is -0.466 e. The van der Waals surface area contributed by atoms with Crippen molar-refractivity contribution in [2.45, 2.75) is 20.4 Å². The first kappa shape index (κ1) is 11.9. The zero-order valence-electron chi connectivity index (χ0n) is 9.42. The molecule has 0 radical (unpaired) electrons. The topological polar surface area (TPSA) is 51.0 Å². The van der Waals surface area contributed by atoms with E-state index in [9.17, 15) is 4.39 Å². The van der Waals surface area contributed by atoms with Crippen LogP contribution in [0.3, 0.4) is 0 Å². The number of nitrogens with zero attached hydrogens (tertiary/aromatic N) is 2. The Hall–Kier alpha value is -1.62. The smallest absolute Gasteiger partial charge is 0.224 e. The van der Waals surface area contributed by atoms with E-state index in [1.165, 1.54) is 0 Å². The molecule has 0 spiro atoms. The molecular formula is C11H11ClFN3O. The molecule has 17 heavy (non-hydrogen) atoms. The molecule has 4 nitrogen and oxygen atoms in total. The van der Waals surface area contributed by atoms with Crippen LogP contribution >= 0.6 is 11.6 Å². The van der Waals surface area contributed by atoms with Gasteiger partial charge in [-0.2, -0.15) is 4.98 Å². The number of hydrogen-bond donors (Lipinski definition) is 1. The van der Waals surface area contributed by atoms with E-state index in [0.29, 0.717) is 6.54 Å². The second kappa shape index (κ2) is 4.71. The van der Waals surface area contributed by atoms with Crippen LogP contribution in [0.1, 0.15) is 17.1 Å². The number of halogens is 2. The van der Waals surface area contributed by atoms with E-state index in [4.69, 9.17) is 16.0 Å². The lowest BCUT2D eigenvalue weighted by atomic mass is 10.2. The van der Waals surface area contributed by atoms with Gasteiger partial charge in [0.15, 0.2) is 11.6 Å². The number of anilines is 1. The van der Waals surface area contributed by atoms with Crippen molar-refractivity contribution in [2.75, 3.05) is 5.32 Å². The highest BCUT2D eigenvalue weighted by Crippen LogP contribution is 2.17. The van der Waals surface area contributed by atoms with Crippen LogP contribution in [0.25, 0.3) is 0 Å². The van der Waals surface area contributed by atoms with Gasteiger partial charge in [-0.05, 0) is 31.5 Å². The van der Waals surface area contributed by atoms with Crippen molar-refractivity contribution in [3.8, 4) is 0 Å². The van der Waals surface area contributed by atoms with Crippen LogP contribution in [0.4, 0.5) is 10.2 Å². The van der Waals surface area contributed by atoms with Crippen LogP contribution in [-0.4, -0.2) is 9.97 Å². The van der Waals surface area contributed by atoms with Crippen LogP contribution in [0.5, 0.6) is 0 Å². The predicted molar refractivity (Wildman–Crippen MR) is 62.5 cm³/mol. The van der Waals surface area contributed by atoms with Gasteiger partial charge in [0.1, 0.15) is 11.5 Å². The van der Waals surface area contributed by atoms with Gasteiger partial charge in [0.2, 0.25) is 5.28 Å². The van der Waals surface area contributed by atoms with Crippen LogP contribution < -0.4 is 5.32 Å². The van der Waals surface area contributed by atoms with Crippen molar-refractivity contribution in [2.24, 2.45) is 0 Å². The first-order chi connectivity index (χ1) is 8.06. The molecule has 2 aromatic rings. The third-order valence-corrected chi connectivity index (χ3v) is 2.49. The fourth-order valence-corrected chi connectivity index (χ4v) is 1.64. The van der Waals surface area contributed by atoms with Gasteiger partial charge in [0, 0.05) is 12.1 Å². The van der Waals surface area contributed by atoms with Crippen LogP contribution in [0.15, 0.2) is 16.7 Å². The Labute approximate surface area is 103 Å². The number of aromatic nitrogens is 2.